The van der Waals surface area contributed by atoms with E-state index in [1.54, 1.807) is 6.07 Å². The van der Waals surface area contributed by atoms with Crippen LogP contribution in [0.25, 0.3) is 0 Å². The van der Waals surface area contributed by atoms with Crippen LogP contribution in [0.2, 0.25) is 15.1 Å². The minimum Gasteiger partial charge on any atom is -0.365 e. The smallest absolute Gasteiger partial charge is 0.109 e. The molecule has 0 amide bonds. The van der Waals surface area contributed by atoms with Crippen molar-refractivity contribution in [3.8, 4) is 0 Å². The molecule has 1 heterocycles. The van der Waals surface area contributed by atoms with Gasteiger partial charge in [0.25, 0.3) is 0 Å². The quantitative estimate of drug-likeness (QED) is 0.766. The molecule has 122 valence electrons. The van der Waals surface area contributed by atoms with E-state index in [0.717, 1.165) is 37.1 Å². The van der Waals surface area contributed by atoms with Crippen molar-refractivity contribution in [3.05, 3.63) is 68.7 Å². The van der Waals surface area contributed by atoms with Crippen LogP contribution in [0.5, 0.6) is 0 Å². The first-order valence-corrected chi connectivity index (χ1v) is 8.83. The van der Waals surface area contributed by atoms with Crippen LogP contribution in [0.15, 0.2) is 42.5 Å². The summed E-state index contributed by atoms with van der Waals surface area (Å²) in [6.45, 7) is 1.96. The van der Waals surface area contributed by atoms with Gasteiger partial charge in [-0.05, 0) is 55.8 Å². The molecule has 1 atom stereocenters. The van der Waals surface area contributed by atoms with Gasteiger partial charge in [-0.15, -0.1) is 0 Å². The number of nitrogens with one attached hydrogen (secondary N) is 1. The summed E-state index contributed by atoms with van der Waals surface area (Å²) in [5, 5.41) is 5.30. The zero-order chi connectivity index (χ0) is 16.2. The van der Waals surface area contributed by atoms with E-state index < -0.39 is 0 Å². The Morgan fingerprint density at radius 3 is 2.22 bits per heavy atom. The Hall–Kier alpha value is -0.770. The van der Waals surface area contributed by atoms with Gasteiger partial charge in [-0.1, -0.05) is 53.0 Å². The molecule has 1 aliphatic rings. The van der Waals surface area contributed by atoms with Gasteiger partial charge in [-0.2, -0.15) is 0 Å². The molecule has 0 aliphatic carbocycles. The topological polar surface area (TPSA) is 21.3 Å². The highest BCUT2D eigenvalue weighted by Crippen LogP contribution is 2.35. The van der Waals surface area contributed by atoms with Crippen LogP contribution in [-0.4, -0.2) is 19.2 Å². The molecule has 1 fully saturated rings. The average Bonchev–Trinajstić information content (AvgIpc) is 2.55. The second kappa shape index (κ2) is 7.87. The maximum absolute atomic E-state index is 6.42. The fourth-order valence-corrected chi connectivity index (χ4v) is 3.44. The highest BCUT2D eigenvalue weighted by molar-refractivity contribution is 6.35. The van der Waals surface area contributed by atoms with Crippen molar-refractivity contribution >= 4 is 34.8 Å². The van der Waals surface area contributed by atoms with Crippen molar-refractivity contribution in [2.45, 2.75) is 25.0 Å². The van der Waals surface area contributed by atoms with Crippen LogP contribution in [0.4, 0.5) is 0 Å². The maximum atomic E-state index is 6.42. The van der Waals surface area contributed by atoms with Crippen LogP contribution in [0, 0.1) is 0 Å². The Balaban J connectivity index is 1.93. The van der Waals surface area contributed by atoms with Crippen molar-refractivity contribution in [3.63, 3.8) is 0 Å². The molecule has 0 spiro atoms. The first kappa shape index (κ1) is 17.1. The molecule has 0 aromatic heterocycles. The Morgan fingerprint density at radius 1 is 0.913 bits per heavy atom. The van der Waals surface area contributed by atoms with Gasteiger partial charge in [0.1, 0.15) is 6.10 Å². The van der Waals surface area contributed by atoms with Gasteiger partial charge in [0.2, 0.25) is 0 Å². The molecule has 5 heteroatoms. The second-order valence-electron chi connectivity index (χ2n) is 5.68. The molecule has 23 heavy (non-hydrogen) atoms. The second-order valence-corrected chi connectivity index (χ2v) is 6.96. The lowest BCUT2D eigenvalue weighted by atomic mass is 10.00. The lowest BCUT2D eigenvalue weighted by Gasteiger charge is -2.29. The molecule has 3 rings (SSSR count). The molecule has 0 radical (unpaired) electrons. The van der Waals surface area contributed by atoms with E-state index in [9.17, 15) is 0 Å². The van der Waals surface area contributed by atoms with Crippen LogP contribution >= 0.6 is 34.8 Å². The Kier molecular flexibility index (Phi) is 5.84. The number of benzene rings is 2. The number of halogens is 3. The van der Waals surface area contributed by atoms with Crippen LogP contribution < -0.4 is 5.32 Å². The van der Waals surface area contributed by atoms with E-state index in [1.807, 2.05) is 36.4 Å². The molecule has 1 aliphatic heterocycles. The summed E-state index contributed by atoms with van der Waals surface area (Å²) in [5.41, 5.74) is 1.97. The predicted molar refractivity (Wildman–Crippen MR) is 96.7 cm³/mol. The third-order valence-electron chi connectivity index (χ3n) is 4.03. The van der Waals surface area contributed by atoms with E-state index in [4.69, 9.17) is 39.5 Å². The van der Waals surface area contributed by atoms with Gasteiger partial charge < -0.3 is 10.1 Å². The largest absolute Gasteiger partial charge is 0.365 e. The van der Waals surface area contributed by atoms with Gasteiger partial charge in [0.05, 0.1) is 6.10 Å². The number of hydrogen-bond acceptors (Lipinski definition) is 2. The van der Waals surface area contributed by atoms with Crippen molar-refractivity contribution in [2.75, 3.05) is 13.1 Å². The number of hydrogen-bond donors (Lipinski definition) is 1. The molecule has 1 saturated heterocycles. The molecule has 0 saturated carbocycles. The normalized spacial score (nSPS) is 17.2. The van der Waals surface area contributed by atoms with Gasteiger partial charge in [0, 0.05) is 20.6 Å². The number of ether oxygens (including phenoxy) is 1. The van der Waals surface area contributed by atoms with Crippen molar-refractivity contribution in [1.82, 2.24) is 5.32 Å². The van der Waals surface area contributed by atoms with Gasteiger partial charge in [0.15, 0.2) is 0 Å². The van der Waals surface area contributed by atoms with Crippen LogP contribution in [0.1, 0.15) is 30.1 Å². The molecular weight excluding hydrogens is 353 g/mol. The zero-order valence-corrected chi connectivity index (χ0v) is 14.8. The SMILES string of the molecule is Clc1ccc(C(OC2CCNCC2)c2ccc(Cl)cc2Cl)cc1. The van der Waals surface area contributed by atoms with E-state index in [-0.39, 0.29) is 12.2 Å². The summed E-state index contributed by atoms with van der Waals surface area (Å²) in [7, 11) is 0. The fourth-order valence-electron chi connectivity index (χ4n) is 2.81. The van der Waals surface area contributed by atoms with E-state index in [1.165, 1.54) is 0 Å². The van der Waals surface area contributed by atoms with E-state index in [2.05, 4.69) is 5.32 Å². The summed E-state index contributed by atoms with van der Waals surface area (Å²) in [5.74, 6) is 0. The van der Waals surface area contributed by atoms with Gasteiger partial charge in [-0.3, -0.25) is 0 Å². The fraction of sp³-hybridized carbons (Fsp3) is 0.333. The number of piperidine rings is 1. The molecule has 2 nitrogen and oxygen atoms in total. The van der Waals surface area contributed by atoms with Crippen LogP contribution in [-0.2, 0) is 4.74 Å². The standard InChI is InChI=1S/C18H18Cl3NO/c19-13-3-1-12(2-4-13)18(23-15-7-9-22-10-8-15)16-6-5-14(20)11-17(16)21/h1-6,11,15,18,22H,7-10H2. The Labute approximate surface area is 151 Å². The number of rotatable bonds is 4. The summed E-state index contributed by atoms with van der Waals surface area (Å²) in [6.07, 6.45) is 1.98. The predicted octanol–water partition coefficient (Wildman–Crippen LogP) is 5.50. The summed E-state index contributed by atoms with van der Waals surface area (Å²) >= 11 is 18.5. The molecule has 2 aromatic carbocycles. The first-order chi connectivity index (χ1) is 11.1. The lowest BCUT2D eigenvalue weighted by Crippen LogP contribution is -2.33. The average molecular weight is 371 g/mol. The lowest BCUT2D eigenvalue weighted by molar-refractivity contribution is -0.00800. The molecule has 0 bridgehead atoms. The molecular formula is C18H18Cl3NO. The third-order valence-corrected chi connectivity index (χ3v) is 4.85. The van der Waals surface area contributed by atoms with Crippen molar-refractivity contribution < 1.29 is 4.74 Å². The van der Waals surface area contributed by atoms with Crippen molar-refractivity contribution in [1.29, 1.82) is 0 Å². The van der Waals surface area contributed by atoms with E-state index in [0.29, 0.717) is 15.1 Å². The van der Waals surface area contributed by atoms with Crippen molar-refractivity contribution in [2.24, 2.45) is 0 Å². The van der Waals surface area contributed by atoms with Gasteiger partial charge in [-0.25, -0.2) is 0 Å². The third kappa shape index (κ3) is 4.40. The van der Waals surface area contributed by atoms with Gasteiger partial charge >= 0.3 is 0 Å². The minimum absolute atomic E-state index is 0.212. The highest BCUT2D eigenvalue weighted by Gasteiger charge is 2.23. The first-order valence-electron chi connectivity index (χ1n) is 7.70. The monoisotopic (exact) mass is 369 g/mol. The zero-order valence-electron chi connectivity index (χ0n) is 12.6. The molecule has 1 unspecified atom stereocenters. The summed E-state index contributed by atoms with van der Waals surface area (Å²) in [6, 6.07) is 13.3. The Bertz CT molecular complexity index is 654. The molecule has 2 aromatic rings. The Morgan fingerprint density at radius 2 is 1.57 bits per heavy atom. The van der Waals surface area contributed by atoms with Crippen LogP contribution in [0.3, 0.4) is 0 Å². The summed E-state index contributed by atoms with van der Waals surface area (Å²) < 4.78 is 6.41. The highest BCUT2D eigenvalue weighted by atomic mass is 35.5. The minimum atomic E-state index is -0.222. The maximum Gasteiger partial charge on any atom is 0.109 e. The molecule has 1 N–H and O–H groups in total. The van der Waals surface area contributed by atoms with E-state index >= 15 is 0 Å². The summed E-state index contributed by atoms with van der Waals surface area (Å²) in [4.78, 5) is 0.